The van der Waals surface area contributed by atoms with E-state index in [1.165, 1.54) is 29.4 Å². The number of ether oxygens (including phenoxy) is 3. The lowest BCUT2D eigenvalue weighted by molar-refractivity contribution is -0.146. The molecule has 25 heavy (non-hydrogen) atoms. The maximum Gasteiger partial charge on any atom is 0.377 e. The van der Waals surface area contributed by atoms with Crippen LogP contribution in [-0.4, -0.2) is 30.1 Å². The van der Waals surface area contributed by atoms with E-state index >= 15 is 0 Å². The molecule has 0 radical (unpaired) electrons. The topological polar surface area (TPSA) is 78.0 Å². The van der Waals surface area contributed by atoms with Crippen LogP contribution < -0.4 is 4.90 Å². The van der Waals surface area contributed by atoms with Gasteiger partial charge in [-0.25, -0.2) is 9.78 Å². The highest BCUT2D eigenvalue weighted by molar-refractivity contribution is 7.14. The van der Waals surface area contributed by atoms with Crippen molar-refractivity contribution in [2.24, 2.45) is 0 Å². The number of hydrogen-bond acceptors (Lipinski definition) is 7. The summed E-state index contributed by atoms with van der Waals surface area (Å²) in [6.07, 6.45) is 1.24. The molecular weight excluding hydrogens is 344 g/mol. The molecule has 0 bridgehead atoms. The van der Waals surface area contributed by atoms with Crippen molar-refractivity contribution < 1.29 is 23.8 Å². The van der Waals surface area contributed by atoms with Gasteiger partial charge >= 0.3 is 5.97 Å². The Morgan fingerprint density at radius 2 is 2.08 bits per heavy atom. The zero-order valence-electron chi connectivity index (χ0n) is 13.5. The molecule has 1 aromatic carbocycles. The lowest BCUT2D eigenvalue weighted by Gasteiger charge is -2.17. The number of carbonyl (C=O) groups is 2. The number of aromatic nitrogens is 1. The lowest BCUT2D eigenvalue weighted by atomic mass is 10.3. The molecule has 1 amide bonds. The Bertz CT molecular complexity index is 787. The van der Waals surface area contributed by atoms with Crippen molar-refractivity contribution in [3.63, 3.8) is 0 Å². The first-order valence-corrected chi connectivity index (χ1v) is 8.45. The molecule has 0 spiro atoms. The number of carbonyl (C=O) groups excluding carboxylic acids is 2. The van der Waals surface area contributed by atoms with Crippen molar-refractivity contribution in [2.45, 2.75) is 13.5 Å². The van der Waals surface area contributed by atoms with Crippen LogP contribution in [0.1, 0.15) is 12.6 Å². The Kier molecular flexibility index (Phi) is 5.30. The standard InChI is InChI=1S/C17H16N2O5S/c1-12(20)19(14-5-3-2-4-6-14)17-18-13(11-25-17)9-24-16(21)15-10-22-7-8-23-15/h2-6,10-11H,7-9H2,1H3. The molecule has 1 aliphatic rings. The van der Waals surface area contributed by atoms with Crippen LogP contribution in [0.2, 0.25) is 0 Å². The Labute approximate surface area is 148 Å². The number of amides is 1. The number of anilines is 2. The molecule has 0 fully saturated rings. The van der Waals surface area contributed by atoms with Gasteiger partial charge in [-0.1, -0.05) is 18.2 Å². The Morgan fingerprint density at radius 3 is 2.76 bits per heavy atom. The first-order chi connectivity index (χ1) is 12.1. The SMILES string of the molecule is CC(=O)N(c1ccccc1)c1nc(COC(=O)C2=COCCO2)cs1. The highest BCUT2D eigenvalue weighted by Crippen LogP contribution is 2.28. The molecule has 0 saturated heterocycles. The Hall–Kier alpha value is -2.87. The number of benzene rings is 1. The van der Waals surface area contributed by atoms with Gasteiger partial charge in [-0.15, -0.1) is 11.3 Å². The van der Waals surface area contributed by atoms with Gasteiger partial charge in [0.15, 0.2) is 5.13 Å². The summed E-state index contributed by atoms with van der Waals surface area (Å²) in [5.74, 6) is -0.723. The summed E-state index contributed by atoms with van der Waals surface area (Å²) in [5.41, 5.74) is 1.28. The van der Waals surface area contributed by atoms with Crippen molar-refractivity contribution in [2.75, 3.05) is 18.1 Å². The van der Waals surface area contributed by atoms with Crippen molar-refractivity contribution in [1.82, 2.24) is 4.98 Å². The fourth-order valence-corrected chi connectivity index (χ4v) is 3.03. The zero-order chi connectivity index (χ0) is 17.6. The maximum atomic E-state index is 12.0. The molecule has 0 N–H and O–H groups in total. The van der Waals surface area contributed by atoms with Crippen LogP contribution in [-0.2, 0) is 30.4 Å². The Morgan fingerprint density at radius 1 is 1.28 bits per heavy atom. The molecule has 0 unspecified atom stereocenters. The highest BCUT2D eigenvalue weighted by atomic mass is 32.1. The van der Waals surface area contributed by atoms with E-state index in [1.807, 2.05) is 30.3 Å². The predicted molar refractivity (Wildman–Crippen MR) is 91.2 cm³/mol. The molecule has 130 valence electrons. The molecular formula is C17H16N2O5S. The summed E-state index contributed by atoms with van der Waals surface area (Å²) in [6.45, 7) is 2.18. The first kappa shape index (κ1) is 17.0. The second-order valence-electron chi connectivity index (χ2n) is 5.09. The van der Waals surface area contributed by atoms with Gasteiger partial charge < -0.3 is 14.2 Å². The van der Waals surface area contributed by atoms with Crippen LogP contribution in [0.3, 0.4) is 0 Å². The predicted octanol–water partition coefficient (Wildman–Crippen LogP) is 2.76. The molecule has 1 aliphatic heterocycles. The fourth-order valence-electron chi connectivity index (χ4n) is 2.16. The van der Waals surface area contributed by atoms with E-state index in [0.717, 1.165) is 5.69 Å². The molecule has 7 nitrogen and oxygen atoms in total. The first-order valence-electron chi connectivity index (χ1n) is 7.57. The monoisotopic (exact) mass is 360 g/mol. The lowest BCUT2D eigenvalue weighted by Crippen LogP contribution is -2.22. The van der Waals surface area contributed by atoms with Crippen molar-refractivity contribution in [1.29, 1.82) is 0 Å². The van der Waals surface area contributed by atoms with E-state index in [2.05, 4.69) is 4.98 Å². The summed E-state index contributed by atoms with van der Waals surface area (Å²) in [4.78, 5) is 29.7. The van der Waals surface area contributed by atoms with Crippen LogP contribution in [0, 0.1) is 0 Å². The number of esters is 1. The van der Waals surface area contributed by atoms with E-state index in [1.54, 1.807) is 5.38 Å². The minimum absolute atomic E-state index is 0.0173. The van der Waals surface area contributed by atoms with Gasteiger partial charge in [0.2, 0.25) is 11.7 Å². The molecule has 0 saturated carbocycles. The van der Waals surface area contributed by atoms with Gasteiger partial charge in [-0.2, -0.15) is 0 Å². The molecule has 1 aromatic heterocycles. The van der Waals surface area contributed by atoms with E-state index in [0.29, 0.717) is 24.0 Å². The van der Waals surface area contributed by atoms with Gasteiger partial charge in [0, 0.05) is 12.3 Å². The highest BCUT2D eigenvalue weighted by Gasteiger charge is 2.20. The number of hydrogen-bond donors (Lipinski definition) is 0. The maximum absolute atomic E-state index is 12.0. The minimum atomic E-state index is -0.610. The largest absolute Gasteiger partial charge is 0.493 e. The van der Waals surface area contributed by atoms with Gasteiger partial charge in [-0.3, -0.25) is 9.69 Å². The summed E-state index contributed by atoms with van der Waals surface area (Å²) in [6, 6.07) is 9.23. The van der Waals surface area contributed by atoms with Gasteiger partial charge in [0.1, 0.15) is 26.1 Å². The van der Waals surface area contributed by atoms with Crippen LogP contribution in [0.4, 0.5) is 10.8 Å². The van der Waals surface area contributed by atoms with E-state index in [4.69, 9.17) is 14.2 Å². The van der Waals surface area contributed by atoms with Crippen LogP contribution in [0.25, 0.3) is 0 Å². The average Bonchev–Trinajstić information content (AvgIpc) is 3.09. The smallest absolute Gasteiger partial charge is 0.377 e. The summed E-state index contributed by atoms with van der Waals surface area (Å²) in [5, 5.41) is 2.26. The van der Waals surface area contributed by atoms with E-state index in [-0.39, 0.29) is 18.3 Å². The number of para-hydroxylation sites is 1. The number of rotatable bonds is 5. The average molecular weight is 360 g/mol. The van der Waals surface area contributed by atoms with Crippen molar-refractivity contribution >= 4 is 34.0 Å². The second kappa shape index (κ2) is 7.80. The van der Waals surface area contributed by atoms with Crippen molar-refractivity contribution in [3.8, 4) is 0 Å². The molecule has 0 atom stereocenters. The molecule has 2 heterocycles. The third-order valence-electron chi connectivity index (χ3n) is 3.26. The van der Waals surface area contributed by atoms with Gasteiger partial charge in [-0.05, 0) is 12.1 Å². The van der Waals surface area contributed by atoms with E-state index in [9.17, 15) is 9.59 Å². The molecule has 0 aliphatic carbocycles. The molecule has 2 aromatic rings. The zero-order valence-corrected chi connectivity index (χ0v) is 14.3. The summed E-state index contributed by atoms with van der Waals surface area (Å²) >= 11 is 1.30. The molecule has 8 heteroatoms. The molecule has 3 rings (SSSR count). The number of thiazole rings is 1. The van der Waals surface area contributed by atoms with Crippen molar-refractivity contribution in [3.05, 3.63) is 53.4 Å². The van der Waals surface area contributed by atoms with Gasteiger partial charge in [0.25, 0.3) is 0 Å². The fraction of sp³-hybridized carbons (Fsp3) is 0.235. The van der Waals surface area contributed by atoms with Gasteiger partial charge in [0.05, 0.1) is 11.4 Å². The number of nitrogens with zero attached hydrogens (tertiary/aromatic N) is 2. The summed E-state index contributed by atoms with van der Waals surface area (Å²) < 4.78 is 15.3. The van der Waals surface area contributed by atoms with Crippen LogP contribution in [0.5, 0.6) is 0 Å². The quantitative estimate of drug-likeness (QED) is 0.763. The second-order valence-corrected chi connectivity index (χ2v) is 5.93. The normalized spacial score (nSPS) is 13.2. The summed E-state index contributed by atoms with van der Waals surface area (Å²) in [7, 11) is 0. The van der Waals surface area contributed by atoms with Crippen LogP contribution in [0.15, 0.2) is 47.7 Å². The Balaban J connectivity index is 1.68. The van der Waals surface area contributed by atoms with Crippen LogP contribution >= 0.6 is 11.3 Å². The van der Waals surface area contributed by atoms with E-state index < -0.39 is 5.97 Å². The third kappa shape index (κ3) is 4.16. The third-order valence-corrected chi connectivity index (χ3v) is 4.14. The minimum Gasteiger partial charge on any atom is -0.493 e.